The van der Waals surface area contributed by atoms with Gasteiger partial charge in [0.05, 0.1) is 6.54 Å². The van der Waals surface area contributed by atoms with E-state index in [1.54, 1.807) is 19.2 Å². The quantitative estimate of drug-likeness (QED) is 0.826. The Kier molecular flexibility index (Phi) is 8.57. The number of halogens is 1. The summed E-state index contributed by atoms with van der Waals surface area (Å²) < 4.78 is 0. The van der Waals surface area contributed by atoms with Crippen LogP contribution in [0.4, 0.5) is 5.69 Å². The molecule has 1 rings (SSSR count). The summed E-state index contributed by atoms with van der Waals surface area (Å²) in [5.41, 5.74) is 6.06. The smallest absolute Gasteiger partial charge is 0.243 e. The first-order valence-corrected chi connectivity index (χ1v) is 5.92. The van der Waals surface area contributed by atoms with Crippen molar-refractivity contribution in [3.05, 3.63) is 30.3 Å². The van der Waals surface area contributed by atoms with Crippen LogP contribution < -0.4 is 11.1 Å². The molecule has 2 amide bonds. The lowest BCUT2D eigenvalue weighted by molar-refractivity contribution is -0.133. The lowest BCUT2D eigenvalue weighted by atomic mass is 10.3. The first-order chi connectivity index (χ1) is 8.63. The maximum Gasteiger partial charge on any atom is 0.243 e. The van der Waals surface area contributed by atoms with E-state index in [0.29, 0.717) is 19.4 Å². The van der Waals surface area contributed by atoms with Crippen molar-refractivity contribution in [3.8, 4) is 0 Å². The molecule has 106 valence electrons. The maximum atomic E-state index is 11.7. The van der Waals surface area contributed by atoms with Crippen molar-refractivity contribution in [2.24, 2.45) is 5.73 Å². The summed E-state index contributed by atoms with van der Waals surface area (Å²) in [6.45, 7) is 0.536. The van der Waals surface area contributed by atoms with E-state index in [4.69, 9.17) is 5.73 Å². The summed E-state index contributed by atoms with van der Waals surface area (Å²) in [6, 6.07) is 9.15. The van der Waals surface area contributed by atoms with Crippen LogP contribution in [0, 0.1) is 0 Å². The number of carbonyl (C=O) groups excluding carboxylic acids is 2. The zero-order valence-corrected chi connectivity index (χ0v) is 11.8. The monoisotopic (exact) mass is 285 g/mol. The van der Waals surface area contributed by atoms with Crippen LogP contribution in [0.25, 0.3) is 0 Å². The first kappa shape index (κ1) is 17.4. The third kappa shape index (κ3) is 6.79. The number of nitrogens with one attached hydrogen (secondary N) is 1. The standard InChI is InChI=1S/C13H19N3O2.ClH/c1-16(13(18)8-5-9-14)10-12(17)15-11-6-3-2-4-7-11;/h2-4,6-7H,5,8-10,14H2,1H3,(H,15,17);1H. The number of amides is 2. The number of likely N-dealkylation sites (N-methyl/N-ethyl adjacent to an activating group) is 1. The molecule has 0 heterocycles. The summed E-state index contributed by atoms with van der Waals surface area (Å²) >= 11 is 0. The molecule has 0 fully saturated rings. The average Bonchev–Trinajstić information content (AvgIpc) is 2.36. The van der Waals surface area contributed by atoms with Gasteiger partial charge in [0, 0.05) is 19.2 Å². The zero-order chi connectivity index (χ0) is 13.4. The molecule has 6 heteroatoms. The average molecular weight is 286 g/mol. The Labute approximate surface area is 119 Å². The van der Waals surface area contributed by atoms with Crippen LogP contribution in [0.2, 0.25) is 0 Å². The molecule has 5 nitrogen and oxygen atoms in total. The third-order valence-corrected chi connectivity index (χ3v) is 2.46. The van der Waals surface area contributed by atoms with Crippen molar-refractivity contribution in [1.29, 1.82) is 0 Å². The van der Waals surface area contributed by atoms with Gasteiger partial charge >= 0.3 is 0 Å². The van der Waals surface area contributed by atoms with Gasteiger partial charge in [0.15, 0.2) is 0 Å². The highest BCUT2D eigenvalue weighted by molar-refractivity contribution is 5.94. The molecule has 0 spiro atoms. The molecule has 0 aliphatic heterocycles. The number of nitrogens with zero attached hydrogens (tertiary/aromatic N) is 1. The van der Waals surface area contributed by atoms with Crippen molar-refractivity contribution in [1.82, 2.24) is 4.90 Å². The minimum Gasteiger partial charge on any atom is -0.336 e. The molecule has 0 unspecified atom stereocenters. The van der Waals surface area contributed by atoms with Crippen LogP contribution >= 0.6 is 12.4 Å². The molecule has 0 saturated heterocycles. The van der Waals surface area contributed by atoms with Gasteiger partial charge in [0.1, 0.15) is 0 Å². The van der Waals surface area contributed by atoms with E-state index < -0.39 is 0 Å². The minimum absolute atomic E-state index is 0. The largest absolute Gasteiger partial charge is 0.336 e. The lowest BCUT2D eigenvalue weighted by Crippen LogP contribution is -2.35. The van der Waals surface area contributed by atoms with E-state index in [-0.39, 0.29) is 30.8 Å². The van der Waals surface area contributed by atoms with E-state index in [1.807, 2.05) is 18.2 Å². The predicted molar refractivity (Wildman–Crippen MR) is 78.2 cm³/mol. The molecule has 0 aliphatic carbocycles. The molecule has 0 saturated carbocycles. The SMILES string of the molecule is CN(CC(=O)Nc1ccccc1)C(=O)CCCN.Cl. The van der Waals surface area contributed by atoms with Crippen molar-refractivity contribution in [2.45, 2.75) is 12.8 Å². The van der Waals surface area contributed by atoms with Gasteiger partial charge in [0.25, 0.3) is 0 Å². The number of para-hydroxylation sites is 1. The maximum absolute atomic E-state index is 11.7. The fourth-order valence-corrected chi connectivity index (χ4v) is 1.47. The van der Waals surface area contributed by atoms with Crippen LogP contribution in [0.15, 0.2) is 30.3 Å². The highest BCUT2D eigenvalue weighted by atomic mass is 35.5. The lowest BCUT2D eigenvalue weighted by Gasteiger charge is -2.16. The molecular weight excluding hydrogens is 266 g/mol. The van der Waals surface area contributed by atoms with E-state index in [0.717, 1.165) is 5.69 Å². The Bertz CT molecular complexity index is 398. The predicted octanol–water partition coefficient (Wildman–Crippen LogP) is 1.24. The molecule has 0 aliphatic rings. The van der Waals surface area contributed by atoms with Gasteiger partial charge < -0.3 is 16.0 Å². The van der Waals surface area contributed by atoms with Crippen molar-refractivity contribution < 1.29 is 9.59 Å². The van der Waals surface area contributed by atoms with E-state index in [9.17, 15) is 9.59 Å². The summed E-state index contributed by atoms with van der Waals surface area (Å²) in [6.07, 6.45) is 1.02. The normalized spacial score (nSPS) is 9.37. The number of hydrogen-bond donors (Lipinski definition) is 2. The molecule has 0 aromatic heterocycles. The molecule has 0 atom stereocenters. The molecule has 0 bridgehead atoms. The minimum atomic E-state index is -0.204. The Morgan fingerprint density at radius 1 is 1.26 bits per heavy atom. The van der Waals surface area contributed by atoms with E-state index >= 15 is 0 Å². The van der Waals surface area contributed by atoms with Crippen LogP contribution in [0.5, 0.6) is 0 Å². The van der Waals surface area contributed by atoms with Crippen molar-refractivity contribution in [2.75, 3.05) is 25.5 Å². The van der Waals surface area contributed by atoms with Crippen LogP contribution in [0.1, 0.15) is 12.8 Å². The number of hydrogen-bond acceptors (Lipinski definition) is 3. The number of benzene rings is 1. The zero-order valence-electron chi connectivity index (χ0n) is 11.0. The van der Waals surface area contributed by atoms with E-state index in [2.05, 4.69) is 5.32 Å². The summed E-state index contributed by atoms with van der Waals surface area (Å²) in [5.74, 6) is -0.270. The van der Waals surface area contributed by atoms with Gasteiger partial charge in [-0.2, -0.15) is 0 Å². The topological polar surface area (TPSA) is 75.4 Å². The second-order valence-electron chi connectivity index (χ2n) is 4.06. The number of carbonyl (C=O) groups is 2. The Morgan fingerprint density at radius 2 is 1.89 bits per heavy atom. The van der Waals surface area contributed by atoms with Gasteiger partial charge in [-0.3, -0.25) is 9.59 Å². The molecule has 1 aromatic carbocycles. The highest BCUT2D eigenvalue weighted by Gasteiger charge is 2.12. The van der Waals surface area contributed by atoms with E-state index in [1.165, 1.54) is 4.90 Å². The Balaban J connectivity index is 0.00000324. The first-order valence-electron chi connectivity index (χ1n) is 5.92. The molecule has 3 N–H and O–H groups in total. The number of rotatable bonds is 6. The van der Waals surface area contributed by atoms with Crippen LogP contribution in [0.3, 0.4) is 0 Å². The van der Waals surface area contributed by atoms with Gasteiger partial charge in [-0.1, -0.05) is 18.2 Å². The number of nitrogens with two attached hydrogens (primary N) is 1. The molecular formula is C13H20ClN3O2. The highest BCUT2D eigenvalue weighted by Crippen LogP contribution is 2.05. The Hall–Kier alpha value is -1.59. The van der Waals surface area contributed by atoms with Crippen molar-refractivity contribution in [3.63, 3.8) is 0 Å². The van der Waals surface area contributed by atoms with Crippen molar-refractivity contribution >= 4 is 29.9 Å². The molecule has 1 aromatic rings. The van der Waals surface area contributed by atoms with Crippen LogP contribution in [-0.2, 0) is 9.59 Å². The van der Waals surface area contributed by atoms with Gasteiger partial charge in [-0.15, -0.1) is 12.4 Å². The second kappa shape index (κ2) is 9.35. The van der Waals surface area contributed by atoms with Gasteiger partial charge in [-0.05, 0) is 25.1 Å². The second-order valence-corrected chi connectivity index (χ2v) is 4.06. The van der Waals surface area contributed by atoms with Gasteiger partial charge in [-0.25, -0.2) is 0 Å². The molecule has 0 radical (unpaired) electrons. The third-order valence-electron chi connectivity index (χ3n) is 2.46. The Morgan fingerprint density at radius 3 is 2.47 bits per heavy atom. The fraction of sp³-hybridized carbons (Fsp3) is 0.385. The van der Waals surface area contributed by atoms with Crippen LogP contribution in [-0.4, -0.2) is 36.9 Å². The summed E-state index contributed by atoms with van der Waals surface area (Å²) in [5, 5.41) is 2.73. The van der Waals surface area contributed by atoms with Gasteiger partial charge in [0.2, 0.25) is 11.8 Å². The fourth-order valence-electron chi connectivity index (χ4n) is 1.47. The summed E-state index contributed by atoms with van der Waals surface area (Å²) in [7, 11) is 1.61. The number of anilines is 1. The molecule has 19 heavy (non-hydrogen) atoms. The summed E-state index contributed by atoms with van der Waals surface area (Å²) in [4.78, 5) is 24.7.